The second-order valence-electron chi connectivity index (χ2n) is 7.43. The monoisotopic (exact) mass is 450 g/mol. The Morgan fingerprint density at radius 3 is 2.81 bits per heavy atom. The number of rotatable bonds is 8. The third-order valence-corrected chi connectivity index (χ3v) is 5.76. The Kier molecular flexibility index (Phi) is 5.73. The van der Waals surface area contributed by atoms with Gasteiger partial charge in [0.15, 0.2) is 5.78 Å². The minimum Gasteiger partial charge on any atom is -0.377 e. The number of sulfonamides is 1. The number of alkyl halides is 1. The maximum absolute atomic E-state index is 14.6. The van der Waals surface area contributed by atoms with Crippen molar-refractivity contribution < 1.29 is 26.7 Å². The summed E-state index contributed by atoms with van der Waals surface area (Å²) in [7, 11) is -4.00. The Balaban J connectivity index is 1.69. The van der Waals surface area contributed by atoms with Crippen LogP contribution in [0.1, 0.15) is 21.5 Å². The number of fused-ring (bicyclic) bond motifs is 1. The number of carbonyl (C=O) groups excluding carboxylic acids is 1. The number of nitrogens with zero attached hydrogens (tertiary/aromatic N) is 1. The molecule has 3 heterocycles. The summed E-state index contributed by atoms with van der Waals surface area (Å²) in [5.74, 6) is -1.84. The first-order chi connectivity index (χ1) is 14.7. The van der Waals surface area contributed by atoms with E-state index in [0.717, 1.165) is 6.07 Å². The lowest BCUT2D eigenvalue weighted by atomic mass is 9.98. The number of aromatic amines is 1. The number of aromatic nitrogens is 2. The van der Waals surface area contributed by atoms with Crippen molar-refractivity contribution in [1.82, 2.24) is 9.97 Å². The number of H-pyrrole nitrogens is 1. The summed E-state index contributed by atoms with van der Waals surface area (Å²) in [6.07, 6.45) is -0.537. The molecule has 3 aromatic rings. The molecule has 31 heavy (non-hydrogen) atoms. The van der Waals surface area contributed by atoms with E-state index in [1.165, 1.54) is 12.1 Å². The Hall–Kier alpha value is -2.89. The molecule has 1 aromatic carbocycles. The van der Waals surface area contributed by atoms with Gasteiger partial charge in [-0.2, -0.15) is 0 Å². The molecule has 4 rings (SSSR count). The fourth-order valence-electron chi connectivity index (χ4n) is 3.46. The number of primary sulfonamides is 1. The summed E-state index contributed by atoms with van der Waals surface area (Å²) in [6.45, 7) is 0.949. The van der Waals surface area contributed by atoms with E-state index in [1.807, 2.05) is 0 Å². The van der Waals surface area contributed by atoms with E-state index in [4.69, 9.17) is 9.88 Å². The van der Waals surface area contributed by atoms with E-state index in [9.17, 15) is 22.0 Å². The topological polar surface area (TPSA) is 127 Å². The molecule has 0 amide bonds. The number of ether oxygens (including phenoxy) is 1. The summed E-state index contributed by atoms with van der Waals surface area (Å²) >= 11 is 0. The number of hydrogen-bond acceptors (Lipinski definition) is 6. The van der Waals surface area contributed by atoms with Crippen molar-refractivity contribution >= 4 is 32.7 Å². The zero-order chi connectivity index (χ0) is 22.2. The van der Waals surface area contributed by atoms with Crippen molar-refractivity contribution in [3.63, 3.8) is 0 Å². The number of carbonyl (C=O) groups is 1. The molecule has 0 aliphatic carbocycles. The van der Waals surface area contributed by atoms with Gasteiger partial charge in [-0.3, -0.25) is 4.79 Å². The van der Waals surface area contributed by atoms with E-state index < -0.39 is 33.5 Å². The van der Waals surface area contributed by atoms with Crippen LogP contribution in [-0.2, 0) is 21.2 Å². The Bertz CT molecular complexity index is 1240. The molecule has 0 spiro atoms. The van der Waals surface area contributed by atoms with Gasteiger partial charge in [-0.05, 0) is 29.8 Å². The number of pyridine rings is 1. The van der Waals surface area contributed by atoms with E-state index >= 15 is 0 Å². The molecule has 2 aromatic heterocycles. The first kappa shape index (κ1) is 21.3. The summed E-state index contributed by atoms with van der Waals surface area (Å²) < 4.78 is 56.0. The number of nitrogens with one attached hydrogen (secondary N) is 2. The van der Waals surface area contributed by atoms with Gasteiger partial charge in [0.25, 0.3) is 0 Å². The Morgan fingerprint density at radius 1 is 1.35 bits per heavy atom. The minimum atomic E-state index is -4.00. The molecule has 4 N–H and O–H groups in total. The van der Waals surface area contributed by atoms with Crippen LogP contribution in [0.5, 0.6) is 0 Å². The van der Waals surface area contributed by atoms with Gasteiger partial charge in [0.05, 0.1) is 36.1 Å². The van der Waals surface area contributed by atoms with Crippen molar-refractivity contribution in [2.45, 2.75) is 18.6 Å². The van der Waals surface area contributed by atoms with Gasteiger partial charge in [-0.15, -0.1) is 0 Å². The summed E-state index contributed by atoms with van der Waals surface area (Å²) in [5.41, 5.74) is 0.702. The average molecular weight is 450 g/mol. The molecule has 0 bridgehead atoms. The van der Waals surface area contributed by atoms with E-state index in [1.54, 1.807) is 18.3 Å². The van der Waals surface area contributed by atoms with Crippen LogP contribution < -0.4 is 10.5 Å². The number of benzene rings is 1. The fourth-order valence-corrected chi connectivity index (χ4v) is 4.09. The zero-order valence-corrected chi connectivity index (χ0v) is 17.1. The first-order valence-corrected chi connectivity index (χ1v) is 11.2. The second-order valence-corrected chi connectivity index (χ2v) is 9.09. The number of ketones is 1. The highest BCUT2D eigenvalue weighted by Crippen LogP contribution is 2.30. The van der Waals surface area contributed by atoms with Crippen LogP contribution in [0.2, 0.25) is 0 Å². The predicted molar refractivity (Wildman–Crippen MR) is 111 cm³/mol. The standard InChI is InChI=1S/C20H20F2N4O4S/c21-12(10-31(23,28)29)6-11-3-4-16(22)15(7-11)18(27)17-14-2-1-5-24-19(14)26-20(17)25-13-8-30-9-13/h1-5,7,12-13,25H,6,8-10H2,(H,24,26)(H2,23,28,29). The number of nitrogens with two attached hydrogens (primary N) is 1. The van der Waals surface area contributed by atoms with Crippen molar-refractivity contribution in [2.75, 3.05) is 24.3 Å². The van der Waals surface area contributed by atoms with Gasteiger partial charge in [0, 0.05) is 18.0 Å². The van der Waals surface area contributed by atoms with Crippen LogP contribution in [0, 0.1) is 5.82 Å². The highest BCUT2D eigenvalue weighted by molar-refractivity contribution is 7.89. The molecule has 11 heteroatoms. The Labute approximate surface area is 176 Å². The lowest BCUT2D eigenvalue weighted by Gasteiger charge is -2.27. The molecule has 0 saturated carbocycles. The van der Waals surface area contributed by atoms with Crippen molar-refractivity contribution in [3.05, 3.63) is 59.0 Å². The zero-order valence-electron chi connectivity index (χ0n) is 16.3. The van der Waals surface area contributed by atoms with Crippen LogP contribution in [0.4, 0.5) is 14.6 Å². The van der Waals surface area contributed by atoms with Crippen LogP contribution in [0.3, 0.4) is 0 Å². The minimum absolute atomic E-state index is 0.00120. The van der Waals surface area contributed by atoms with Gasteiger partial charge < -0.3 is 15.0 Å². The van der Waals surface area contributed by atoms with Crippen LogP contribution in [-0.4, -0.2) is 55.3 Å². The molecule has 164 valence electrons. The van der Waals surface area contributed by atoms with Crippen LogP contribution in [0.15, 0.2) is 36.5 Å². The lowest BCUT2D eigenvalue weighted by Crippen LogP contribution is -2.40. The van der Waals surface area contributed by atoms with E-state index in [0.29, 0.717) is 30.1 Å². The summed E-state index contributed by atoms with van der Waals surface area (Å²) in [4.78, 5) is 20.6. The van der Waals surface area contributed by atoms with Crippen molar-refractivity contribution in [2.24, 2.45) is 5.14 Å². The van der Waals surface area contributed by atoms with Gasteiger partial charge in [0.1, 0.15) is 23.5 Å². The third kappa shape index (κ3) is 4.73. The smallest absolute Gasteiger partial charge is 0.211 e. The molecule has 1 aliphatic rings. The maximum atomic E-state index is 14.6. The van der Waals surface area contributed by atoms with Gasteiger partial charge in [-0.25, -0.2) is 27.3 Å². The first-order valence-electron chi connectivity index (χ1n) is 9.50. The molecule has 8 nitrogen and oxygen atoms in total. The lowest BCUT2D eigenvalue weighted by molar-refractivity contribution is 0.0209. The molecule has 1 unspecified atom stereocenters. The normalized spacial score (nSPS) is 15.6. The molecule has 1 atom stereocenters. The molecule has 1 fully saturated rings. The molecular formula is C20H20F2N4O4S. The number of hydrogen-bond donors (Lipinski definition) is 3. The van der Waals surface area contributed by atoms with E-state index in [-0.39, 0.29) is 29.2 Å². The Morgan fingerprint density at radius 2 is 2.13 bits per heavy atom. The fraction of sp³-hybridized carbons (Fsp3) is 0.300. The molecule has 1 saturated heterocycles. The van der Waals surface area contributed by atoms with Crippen molar-refractivity contribution in [3.8, 4) is 0 Å². The number of halogens is 2. The predicted octanol–water partition coefficient (Wildman–Crippen LogP) is 1.91. The largest absolute Gasteiger partial charge is 0.377 e. The number of anilines is 1. The van der Waals surface area contributed by atoms with Crippen molar-refractivity contribution in [1.29, 1.82) is 0 Å². The van der Waals surface area contributed by atoms with Crippen LogP contribution >= 0.6 is 0 Å². The maximum Gasteiger partial charge on any atom is 0.211 e. The second kappa shape index (κ2) is 8.33. The average Bonchev–Trinajstić information content (AvgIpc) is 3.02. The molecule has 1 aliphatic heterocycles. The molecular weight excluding hydrogens is 430 g/mol. The summed E-state index contributed by atoms with van der Waals surface area (Å²) in [6, 6.07) is 6.96. The summed E-state index contributed by atoms with van der Waals surface area (Å²) in [5, 5.41) is 8.56. The van der Waals surface area contributed by atoms with E-state index in [2.05, 4.69) is 15.3 Å². The van der Waals surface area contributed by atoms with Gasteiger partial charge in [0.2, 0.25) is 10.0 Å². The molecule has 0 radical (unpaired) electrons. The highest BCUT2D eigenvalue weighted by atomic mass is 32.2. The van der Waals surface area contributed by atoms with Gasteiger partial charge in [-0.1, -0.05) is 6.07 Å². The third-order valence-electron chi connectivity index (χ3n) is 4.93. The van der Waals surface area contributed by atoms with Crippen LogP contribution in [0.25, 0.3) is 11.0 Å². The highest BCUT2D eigenvalue weighted by Gasteiger charge is 2.27. The SMILES string of the molecule is NS(=O)(=O)CC(F)Cc1ccc(F)c(C(=O)c2c(NC3COC3)[nH]c3ncccc23)c1. The quantitative estimate of drug-likeness (QED) is 0.450. The van der Waals surface area contributed by atoms with Gasteiger partial charge >= 0.3 is 0 Å².